The van der Waals surface area contributed by atoms with Gasteiger partial charge in [0.1, 0.15) is 0 Å². The van der Waals surface area contributed by atoms with Crippen LogP contribution in [0.5, 0.6) is 0 Å². The molecule has 1 aliphatic rings. The molecule has 1 fully saturated rings. The maximum Gasteiger partial charge on any atom is 0.240 e. The largest absolute Gasteiger partial charge is 0.379 e. The van der Waals surface area contributed by atoms with Crippen LogP contribution in [0.3, 0.4) is 0 Å². The van der Waals surface area contributed by atoms with Gasteiger partial charge in [0, 0.05) is 13.2 Å². The molecule has 2 N–H and O–H groups in total. The van der Waals surface area contributed by atoms with Crippen molar-refractivity contribution in [2.45, 2.75) is 23.5 Å². The van der Waals surface area contributed by atoms with Crippen molar-refractivity contribution in [2.24, 2.45) is 0 Å². The lowest BCUT2D eigenvalue weighted by molar-refractivity contribution is -0.0665. The Morgan fingerprint density at radius 3 is 3.08 bits per heavy atom. The average molecular weight is 368 g/mol. The highest BCUT2D eigenvalue weighted by molar-refractivity contribution is 7.89. The van der Waals surface area contributed by atoms with Gasteiger partial charge in [0.25, 0.3) is 0 Å². The first-order valence-electron chi connectivity index (χ1n) is 8.25. The van der Waals surface area contributed by atoms with Crippen molar-refractivity contribution in [3.8, 4) is 0 Å². The van der Waals surface area contributed by atoms with Crippen molar-refractivity contribution in [3.63, 3.8) is 0 Å². The number of imidazole rings is 1. The number of H-pyrrole nitrogens is 1. The van der Waals surface area contributed by atoms with E-state index < -0.39 is 10.0 Å². The van der Waals surface area contributed by atoms with Crippen LogP contribution in [0, 0.1) is 0 Å². The van der Waals surface area contributed by atoms with Gasteiger partial charge in [0.05, 0.1) is 47.6 Å². The quantitative estimate of drug-likeness (QED) is 0.742. The van der Waals surface area contributed by atoms with Gasteiger partial charge in [-0.2, -0.15) is 0 Å². The van der Waals surface area contributed by atoms with Crippen molar-refractivity contribution in [3.05, 3.63) is 24.5 Å². The molecule has 0 aliphatic carbocycles. The SMILES string of the molecule is CN(C)CCO[C@@H]1COCC[C@H]1NS(=O)(=O)c1ccc2nc[nH]c2c1. The zero-order valence-electron chi connectivity index (χ0n) is 14.4. The summed E-state index contributed by atoms with van der Waals surface area (Å²) in [5.74, 6) is 0. The Labute approximate surface area is 147 Å². The Morgan fingerprint density at radius 2 is 2.28 bits per heavy atom. The van der Waals surface area contributed by atoms with Gasteiger partial charge in [-0.15, -0.1) is 0 Å². The molecule has 0 spiro atoms. The number of rotatable bonds is 7. The molecule has 0 unspecified atom stereocenters. The minimum absolute atomic E-state index is 0.211. The number of likely N-dealkylation sites (N-methyl/N-ethyl adjacent to an activating group) is 1. The van der Waals surface area contributed by atoms with Crippen LogP contribution in [0.1, 0.15) is 6.42 Å². The van der Waals surface area contributed by atoms with Crippen LogP contribution in [-0.4, -0.2) is 75.9 Å². The number of nitrogens with one attached hydrogen (secondary N) is 2. The number of benzene rings is 1. The predicted octanol–water partition coefficient (Wildman–Crippen LogP) is 0.577. The van der Waals surface area contributed by atoms with Crippen molar-refractivity contribution in [1.29, 1.82) is 0 Å². The van der Waals surface area contributed by atoms with E-state index in [0.717, 1.165) is 12.1 Å². The van der Waals surface area contributed by atoms with Gasteiger partial charge >= 0.3 is 0 Å². The van der Waals surface area contributed by atoms with E-state index in [4.69, 9.17) is 9.47 Å². The number of sulfonamides is 1. The molecule has 0 bridgehead atoms. The number of aromatic nitrogens is 2. The summed E-state index contributed by atoms with van der Waals surface area (Å²) >= 11 is 0. The summed E-state index contributed by atoms with van der Waals surface area (Å²) in [6.45, 7) is 2.20. The van der Waals surface area contributed by atoms with Gasteiger partial charge in [-0.3, -0.25) is 0 Å². The minimum Gasteiger partial charge on any atom is -0.379 e. The van der Waals surface area contributed by atoms with Crippen LogP contribution in [0.25, 0.3) is 11.0 Å². The zero-order valence-corrected chi connectivity index (χ0v) is 15.3. The molecule has 138 valence electrons. The molecule has 0 radical (unpaired) electrons. The lowest BCUT2D eigenvalue weighted by atomic mass is 10.1. The van der Waals surface area contributed by atoms with Gasteiger partial charge in [0.15, 0.2) is 0 Å². The van der Waals surface area contributed by atoms with E-state index in [1.54, 1.807) is 24.5 Å². The molecule has 1 aromatic carbocycles. The molecule has 8 nitrogen and oxygen atoms in total. The van der Waals surface area contributed by atoms with Crippen LogP contribution in [0.4, 0.5) is 0 Å². The van der Waals surface area contributed by atoms with E-state index in [-0.39, 0.29) is 17.0 Å². The highest BCUT2D eigenvalue weighted by atomic mass is 32.2. The summed E-state index contributed by atoms with van der Waals surface area (Å²) in [5, 5.41) is 0. The van der Waals surface area contributed by atoms with E-state index in [0.29, 0.717) is 31.8 Å². The predicted molar refractivity (Wildman–Crippen MR) is 93.9 cm³/mol. The number of aromatic amines is 1. The first kappa shape index (κ1) is 18.3. The third-order valence-electron chi connectivity index (χ3n) is 4.18. The Kier molecular flexibility index (Phi) is 5.70. The first-order valence-corrected chi connectivity index (χ1v) is 9.73. The lowest BCUT2D eigenvalue weighted by Crippen LogP contribution is -2.50. The highest BCUT2D eigenvalue weighted by Gasteiger charge is 2.31. The van der Waals surface area contributed by atoms with E-state index in [9.17, 15) is 8.42 Å². The molecule has 3 rings (SSSR count). The summed E-state index contributed by atoms with van der Waals surface area (Å²) in [4.78, 5) is 9.26. The number of nitrogens with zero attached hydrogens (tertiary/aromatic N) is 2. The molecular weight excluding hydrogens is 344 g/mol. The smallest absolute Gasteiger partial charge is 0.240 e. The number of hydrogen-bond acceptors (Lipinski definition) is 6. The van der Waals surface area contributed by atoms with E-state index >= 15 is 0 Å². The average Bonchev–Trinajstić information content (AvgIpc) is 3.03. The van der Waals surface area contributed by atoms with Crippen LogP contribution in [-0.2, 0) is 19.5 Å². The fraction of sp³-hybridized carbons (Fsp3) is 0.562. The second-order valence-electron chi connectivity index (χ2n) is 6.39. The maximum atomic E-state index is 12.7. The molecule has 25 heavy (non-hydrogen) atoms. The fourth-order valence-corrected chi connectivity index (χ4v) is 4.07. The maximum absolute atomic E-state index is 12.7. The van der Waals surface area contributed by atoms with Crippen LogP contribution >= 0.6 is 0 Å². The van der Waals surface area contributed by atoms with Crippen molar-refractivity contribution < 1.29 is 17.9 Å². The molecule has 1 aliphatic heterocycles. The monoisotopic (exact) mass is 368 g/mol. The third kappa shape index (κ3) is 4.56. The van der Waals surface area contributed by atoms with Gasteiger partial charge < -0.3 is 19.4 Å². The summed E-state index contributed by atoms with van der Waals surface area (Å²) < 4.78 is 39.5. The fourth-order valence-electron chi connectivity index (χ4n) is 2.75. The standard InChI is InChI=1S/C16H24N4O4S/c1-20(2)6-8-24-16-10-23-7-5-14(16)19-25(21,22)12-3-4-13-15(9-12)18-11-17-13/h3-4,9,11,14,16,19H,5-8,10H2,1-2H3,(H,17,18)/t14-,16-/m1/s1. The molecule has 1 aromatic heterocycles. The summed E-state index contributed by atoms with van der Waals surface area (Å²) in [5.41, 5.74) is 1.42. The molecule has 2 aromatic rings. The number of ether oxygens (including phenoxy) is 2. The summed E-state index contributed by atoms with van der Waals surface area (Å²) in [6.07, 6.45) is 1.83. The minimum atomic E-state index is -3.65. The first-order chi connectivity index (χ1) is 12.0. The van der Waals surface area contributed by atoms with Crippen LogP contribution < -0.4 is 4.72 Å². The van der Waals surface area contributed by atoms with Crippen LogP contribution in [0.2, 0.25) is 0 Å². The Morgan fingerprint density at radius 1 is 1.44 bits per heavy atom. The highest BCUT2D eigenvalue weighted by Crippen LogP contribution is 2.19. The normalized spacial score (nSPS) is 21.9. The topological polar surface area (TPSA) is 96.6 Å². The molecule has 0 amide bonds. The zero-order chi connectivity index (χ0) is 17.9. The molecule has 2 atom stereocenters. The third-order valence-corrected chi connectivity index (χ3v) is 5.67. The van der Waals surface area contributed by atoms with Crippen LogP contribution in [0.15, 0.2) is 29.4 Å². The molecular formula is C16H24N4O4S. The molecule has 1 saturated heterocycles. The van der Waals surface area contributed by atoms with E-state index in [2.05, 4.69) is 14.7 Å². The van der Waals surface area contributed by atoms with Gasteiger partial charge in [-0.05, 0) is 38.7 Å². The molecule has 0 saturated carbocycles. The Bertz CT molecular complexity index is 805. The van der Waals surface area contributed by atoms with E-state index in [1.165, 1.54) is 0 Å². The Hall–Kier alpha value is -1.52. The lowest BCUT2D eigenvalue weighted by Gasteiger charge is -2.32. The van der Waals surface area contributed by atoms with Gasteiger partial charge in [-0.1, -0.05) is 0 Å². The Balaban J connectivity index is 1.70. The summed E-state index contributed by atoms with van der Waals surface area (Å²) in [7, 11) is 0.282. The molecule has 2 heterocycles. The number of hydrogen-bond donors (Lipinski definition) is 2. The van der Waals surface area contributed by atoms with Gasteiger partial charge in [0.2, 0.25) is 10.0 Å². The number of fused-ring (bicyclic) bond motifs is 1. The second-order valence-corrected chi connectivity index (χ2v) is 8.10. The van der Waals surface area contributed by atoms with Crippen molar-refractivity contribution in [1.82, 2.24) is 19.6 Å². The second kappa shape index (κ2) is 7.79. The van der Waals surface area contributed by atoms with E-state index in [1.807, 2.05) is 19.0 Å². The van der Waals surface area contributed by atoms with Crippen molar-refractivity contribution >= 4 is 21.1 Å². The van der Waals surface area contributed by atoms with Crippen molar-refractivity contribution in [2.75, 3.05) is 40.5 Å². The van der Waals surface area contributed by atoms with Gasteiger partial charge in [-0.25, -0.2) is 18.1 Å². The molecule has 9 heteroatoms. The summed E-state index contributed by atoms with van der Waals surface area (Å²) in [6, 6.07) is 4.53.